The number of nitrogens with zero attached hydrogens (tertiary/aromatic N) is 5. The van der Waals surface area contributed by atoms with Gasteiger partial charge in [-0.25, -0.2) is 32.3 Å². The Morgan fingerprint density at radius 1 is 1.03 bits per heavy atom. The third-order valence-electron chi connectivity index (χ3n) is 5.25. The number of rotatable bonds is 9. The number of nitrogens with one attached hydrogen (secondary N) is 1. The van der Waals surface area contributed by atoms with Gasteiger partial charge in [0.2, 0.25) is 5.95 Å². The number of aliphatic hydroxyl groups is 1. The van der Waals surface area contributed by atoms with Crippen LogP contribution in [-0.4, -0.2) is 42.5 Å². The predicted molar refractivity (Wildman–Crippen MR) is 123 cm³/mol. The van der Waals surface area contributed by atoms with Gasteiger partial charge in [-0.2, -0.15) is 4.98 Å². The van der Waals surface area contributed by atoms with E-state index in [2.05, 4.69) is 15.3 Å². The van der Waals surface area contributed by atoms with E-state index in [0.29, 0.717) is 17.1 Å². The minimum Gasteiger partial charge on any atom is -0.497 e. The van der Waals surface area contributed by atoms with E-state index >= 15 is 0 Å². The van der Waals surface area contributed by atoms with E-state index < -0.39 is 35.4 Å². The minimum absolute atomic E-state index is 0.0643. The maximum atomic E-state index is 13.8. The summed E-state index contributed by atoms with van der Waals surface area (Å²) in [4.78, 5) is 34.2. The average molecular weight is 502 g/mol. The van der Waals surface area contributed by atoms with Gasteiger partial charge in [0.25, 0.3) is 0 Å². The van der Waals surface area contributed by atoms with Gasteiger partial charge in [-0.3, -0.25) is 4.57 Å². The number of hydrogen-bond donors (Lipinski definition) is 2. The van der Waals surface area contributed by atoms with Gasteiger partial charge >= 0.3 is 11.4 Å². The Balaban J connectivity index is 1.77. The van der Waals surface area contributed by atoms with Crippen molar-refractivity contribution in [3.05, 3.63) is 98.6 Å². The van der Waals surface area contributed by atoms with Gasteiger partial charge in [0, 0.05) is 18.4 Å². The van der Waals surface area contributed by atoms with Crippen LogP contribution in [0.5, 0.6) is 5.75 Å². The van der Waals surface area contributed by atoms with Crippen LogP contribution in [0.1, 0.15) is 11.3 Å². The van der Waals surface area contributed by atoms with Gasteiger partial charge in [0.05, 0.1) is 38.8 Å². The van der Waals surface area contributed by atoms with E-state index in [1.54, 1.807) is 35.0 Å². The van der Waals surface area contributed by atoms with Crippen LogP contribution in [0.2, 0.25) is 0 Å². The molecular weight excluding hydrogens is 481 g/mol. The number of methoxy groups -OCH3 is 1. The van der Waals surface area contributed by atoms with Crippen molar-refractivity contribution in [2.45, 2.75) is 19.6 Å². The summed E-state index contributed by atoms with van der Waals surface area (Å²) in [6.45, 7) is -0.507. The van der Waals surface area contributed by atoms with Crippen molar-refractivity contribution in [3.8, 4) is 5.75 Å². The van der Waals surface area contributed by atoms with Gasteiger partial charge in [0.15, 0.2) is 17.5 Å². The molecule has 2 N–H and O–H groups in total. The summed E-state index contributed by atoms with van der Waals surface area (Å²) >= 11 is 0. The number of anilines is 2. The normalized spacial score (nSPS) is 11.0. The summed E-state index contributed by atoms with van der Waals surface area (Å²) in [5.41, 5.74) is -0.989. The fourth-order valence-electron chi connectivity index (χ4n) is 3.48. The molecule has 4 rings (SSSR count). The van der Waals surface area contributed by atoms with Gasteiger partial charge in [-0.1, -0.05) is 0 Å². The zero-order valence-electron chi connectivity index (χ0n) is 19.0. The smallest absolute Gasteiger partial charge is 0.355 e. The van der Waals surface area contributed by atoms with E-state index in [9.17, 15) is 22.8 Å². The Hall–Kier alpha value is -4.39. The second-order valence-corrected chi connectivity index (χ2v) is 7.73. The largest absolute Gasteiger partial charge is 0.497 e. The quantitative estimate of drug-likeness (QED) is 0.336. The van der Waals surface area contributed by atoms with E-state index in [0.717, 1.165) is 21.3 Å². The Morgan fingerprint density at radius 3 is 2.36 bits per heavy atom. The lowest BCUT2D eigenvalue weighted by Gasteiger charge is -2.16. The standard InChI is InChI=1S/C23H21F3N6O4/c1-36-17-4-2-15(3-5-17)28-21-29-22(34)32(12-16-11-30(6-7-33)13-27-16)23(35)31(21)10-14-8-18(24)20(26)19(25)9-14/h2-5,8-9,11,13,33H,6-7,10,12H2,1H3,(H,28,29,34). The molecule has 0 bridgehead atoms. The molecule has 2 heterocycles. The zero-order chi connectivity index (χ0) is 25.8. The third kappa shape index (κ3) is 5.30. The molecule has 0 spiro atoms. The van der Waals surface area contributed by atoms with E-state index in [4.69, 9.17) is 9.84 Å². The maximum Gasteiger partial charge on any atom is 0.355 e. The molecular formula is C23H21F3N6O4. The molecule has 13 heteroatoms. The lowest BCUT2D eigenvalue weighted by Crippen LogP contribution is -2.43. The van der Waals surface area contributed by atoms with Crippen LogP contribution in [0.4, 0.5) is 24.8 Å². The number of aliphatic hydroxyl groups excluding tert-OH is 1. The van der Waals surface area contributed by atoms with Crippen molar-refractivity contribution < 1.29 is 23.0 Å². The van der Waals surface area contributed by atoms with Crippen LogP contribution in [0, 0.1) is 17.5 Å². The first-order valence-electron chi connectivity index (χ1n) is 10.7. The van der Waals surface area contributed by atoms with Crippen LogP contribution < -0.4 is 21.4 Å². The number of halogens is 3. The lowest BCUT2D eigenvalue weighted by molar-refractivity contribution is 0.276. The molecule has 0 unspecified atom stereocenters. The monoisotopic (exact) mass is 502 g/mol. The van der Waals surface area contributed by atoms with Gasteiger partial charge in [0.1, 0.15) is 5.75 Å². The summed E-state index contributed by atoms with van der Waals surface area (Å²) in [6, 6.07) is 8.03. The number of aromatic nitrogens is 5. The van der Waals surface area contributed by atoms with Crippen LogP contribution in [-0.2, 0) is 19.6 Å². The van der Waals surface area contributed by atoms with Crippen LogP contribution in [0.15, 0.2) is 58.5 Å². The number of imidazole rings is 1. The number of ether oxygens (including phenoxy) is 1. The van der Waals surface area contributed by atoms with Crippen molar-refractivity contribution in [2.24, 2.45) is 0 Å². The van der Waals surface area contributed by atoms with Crippen LogP contribution in [0.25, 0.3) is 0 Å². The summed E-state index contributed by atoms with van der Waals surface area (Å²) < 4.78 is 49.6. The summed E-state index contributed by atoms with van der Waals surface area (Å²) in [6.07, 6.45) is 2.99. The SMILES string of the molecule is COc1ccc(Nc2nc(=O)n(Cc3cn(CCO)cn3)c(=O)n2Cc2cc(F)c(F)c(F)c2)cc1. The topological polar surface area (TPSA) is 116 Å². The highest BCUT2D eigenvalue weighted by Crippen LogP contribution is 2.19. The third-order valence-corrected chi connectivity index (χ3v) is 5.25. The Bertz CT molecular complexity index is 1470. The molecule has 0 fully saturated rings. The molecule has 0 saturated heterocycles. The predicted octanol–water partition coefficient (Wildman–Crippen LogP) is 1.86. The average Bonchev–Trinajstić information content (AvgIpc) is 3.30. The van der Waals surface area contributed by atoms with Crippen molar-refractivity contribution in [2.75, 3.05) is 19.0 Å². The molecule has 0 radical (unpaired) electrons. The molecule has 0 aliphatic rings. The molecule has 4 aromatic rings. The first-order valence-corrected chi connectivity index (χ1v) is 10.7. The van der Waals surface area contributed by atoms with Crippen molar-refractivity contribution in [1.29, 1.82) is 0 Å². The summed E-state index contributed by atoms with van der Waals surface area (Å²) in [7, 11) is 1.50. The Kier molecular flexibility index (Phi) is 7.20. The molecule has 0 atom stereocenters. The van der Waals surface area contributed by atoms with Crippen LogP contribution in [0.3, 0.4) is 0 Å². The van der Waals surface area contributed by atoms with E-state index in [-0.39, 0.29) is 31.2 Å². The summed E-state index contributed by atoms with van der Waals surface area (Å²) in [5.74, 6) is -4.09. The Labute approximate surface area is 201 Å². The minimum atomic E-state index is -1.63. The molecule has 2 aromatic carbocycles. The highest BCUT2D eigenvalue weighted by molar-refractivity contribution is 5.54. The first-order chi connectivity index (χ1) is 17.3. The van der Waals surface area contributed by atoms with Gasteiger partial charge in [-0.05, 0) is 42.0 Å². The second kappa shape index (κ2) is 10.5. The van der Waals surface area contributed by atoms with Gasteiger partial charge < -0.3 is 19.7 Å². The van der Waals surface area contributed by atoms with E-state index in [1.807, 2.05) is 0 Å². The molecule has 188 valence electrons. The van der Waals surface area contributed by atoms with Gasteiger partial charge in [-0.15, -0.1) is 0 Å². The maximum absolute atomic E-state index is 13.8. The Morgan fingerprint density at radius 2 is 1.72 bits per heavy atom. The molecule has 0 aliphatic heterocycles. The van der Waals surface area contributed by atoms with Crippen molar-refractivity contribution >= 4 is 11.6 Å². The first kappa shape index (κ1) is 24.7. The molecule has 0 saturated carbocycles. The molecule has 0 aliphatic carbocycles. The van der Waals surface area contributed by atoms with Crippen molar-refractivity contribution in [3.63, 3.8) is 0 Å². The second-order valence-electron chi connectivity index (χ2n) is 7.73. The highest BCUT2D eigenvalue weighted by Gasteiger charge is 2.17. The number of benzene rings is 2. The summed E-state index contributed by atoms with van der Waals surface area (Å²) in [5, 5.41) is 11.9. The molecule has 36 heavy (non-hydrogen) atoms. The molecule has 10 nitrogen and oxygen atoms in total. The highest BCUT2D eigenvalue weighted by atomic mass is 19.2. The molecule has 0 amide bonds. The fraction of sp³-hybridized carbons (Fsp3) is 0.217. The zero-order valence-corrected chi connectivity index (χ0v) is 19.0. The van der Waals surface area contributed by atoms with E-state index in [1.165, 1.54) is 13.4 Å². The lowest BCUT2D eigenvalue weighted by atomic mass is 10.2. The fourth-order valence-corrected chi connectivity index (χ4v) is 3.48. The number of hydrogen-bond acceptors (Lipinski definition) is 7. The van der Waals surface area contributed by atoms with Crippen LogP contribution >= 0.6 is 0 Å². The van der Waals surface area contributed by atoms with Crippen molar-refractivity contribution in [1.82, 2.24) is 23.7 Å². The molecule has 2 aromatic heterocycles.